The molecule has 0 saturated carbocycles. The van der Waals surface area contributed by atoms with Gasteiger partial charge in [0.25, 0.3) is 0 Å². The van der Waals surface area contributed by atoms with E-state index in [1.807, 2.05) is 23.5 Å². The van der Waals surface area contributed by atoms with Crippen LogP contribution in [-0.4, -0.2) is 26.5 Å². The zero-order valence-corrected chi connectivity index (χ0v) is 11.0. The SMILES string of the molecule is Cn1nnc2c1C(C)(C)CSCC2(C)C. The van der Waals surface area contributed by atoms with E-state index < -0.39 is 0 Å². The average Bonchev–Trinajstić information content (AvgIpc) is 2.43. The quantitative estimate of drug-likeness (QED) is 0.677. The van der Waals surface area contributed by atoms with Crippen molar-refractivity contribution in [3.63, 3.8) is 0 Å². The summed E-state index contributed by atoms with van der Waals surface area (Å²) in [6.45, 7) is 9.08. The Morgan fingerprint density at radius 3 is 2.40 bits per heavy atom. The molecule has 1 aliphatic rings. The molecule has 0 N–H and O–H groups in total. The van der Waals surface area contributed by atoms with E-state index >= 15 is 0 Å². The Kier molecular flexibility index (Phi) is 2.37. The molecule has 4 heteroatoms. The molecule has 0 atom stereocenters. The van der Waals surface area contributed by atoms with Gasteiger partial charge in [-0.05, 0) is 0 Å². The zero-order chi connectivity index (χ0) is 11.3. The van der Waals surface area contributed by atoms with E-state index in [1.165, 1.54) is 11.4 Å². The largest absolute Gasteiger partial charge is 0.252 e. The molecule has 0 aromatic carbocycles. The average molecular weight is 225 g/mol. The third-order valence-corrected chi connectivity index (χ3v) is 4.89. The van der Waals surface area contributed by atoms with Gasteiger partial charge in [0.1, 0.15) is 0 Å². The Balaban J connectivity index is 2.63. The summed E-state index contributed by atoms with van der Waals surface area (Å²) < 4.78 is 1.95. The minimum absolute atomic E-state index is 0.141. The first-order valence-electron chi connectivity index (χ1n) is 5.33. The summed E-state index contributed by atoms with van der Waals surface area (Å²) in [7, 11) is 2.00. The first kappa shape index (κ1) is 11.0. The normalized spacial score (nSPS) is 23.3. The molecule has 0 bridgehead atoms. The maximum atomic E-state index is 4.36. The minimum Gasteiger partial charge on any atom is -0.252 e. The fraction of sp³-hybridized carbons (Fsp3) is 0.818. The first-order valence-corrected chi connectivity index (χ1v) is 6.48. The molecule has 1 aromatic heterocycles. The van der Waals surface area contributed by atoms with Crippen LogP contribution < -0.4 is 0 Å². The molecule has 2 heterocycles. The number of nitrogens with zero attached hydrogens (tertiary/aromatic N) is 3. The summed E-state index contributed by atoms with van der Waals surface area (Å²) in [6.07, 6.45) is 0. The highest BCUT2D eigenvalue weighted by Gasteiger charge is 2.38. The summed E-state index contributed by atoms with van der Waals surface area (Å²) in [5, 5.41) is 8.55. The number of fused-ring (bicyclic) bond motifs is 1. The summed E-state index contributed by atoms with van der Waals surface area (Å²) in [5.74, 6) is 2.27. The van der Waals surface area contributed by atoms with Crippen molar-refractivity contribution in [2.45, 2.75) is 38.5 Å². The van der Waals surface area contributed by atoms with Gasteiger partial charge in [-0.1, -0.05) is 32.9 Å². The summed E-state index contributed by atoms with van der Waals surface area (Å²) in [6, 6.07) is 0. The smallest absolute Gasteiger partial charge is 0.0929 e. The molecule has 0 spiro atoms. The monoisotopic (exact) mass is 225 g/mol. The second-order valence-corrected chi connectivity index (χ2v) is 6.66. The van der Waals surface area contributed by atoms with Gasteiger partial charge < -0.3 is 0 Å². The van der Waals surface area contributed by atoms with Crippen LogP contribution in [0.2, 0.25) is 0 Å². The number of hydrogen-bond donors (Lipinski definition) is 0. The van der Waals surface area contributed by atoms with Crippen molar-refractivity contribution in [1.82, 2.24) is 15.0 Å². The van der Waals surface area contributed by atoms with E-state index in [0.29, 0.717) is 0 Å². The van der Waals surface area contributed by atoms with Gasteiger partial charge in [-0.15, -0.1) is 5.10 Å². The standard InChI is InChI=1S/C11H19N3S/c1-10(2)6-15-7-11(3,4)9-8(10)12-13-14(9)5/h6-7H2,1-5H3. The van der Waals surface area contributed by atoms with Crippen molar-refractivity contribution in [1.29, 1.82) is 0 Å². The van der Waals surface area contributed by atoms with Crippen LogP contribution in [-0.2, 0) is 17.9 Å². The molecule has 0 amide bonds. The number of hydrogen-bond acceptors (Lipinski definition) is 3. The number of aromatic nitrogens is 3. The maximum absolute atomic E-state index is 4.36. The summed E-state index contributed by atoms with van der Waals surface area (Å²) in [5.41, 5.74) is 2.80. The molecule has 1 aromatic rings. The Labute approximate surface area is 95.6 Å². The van der Waals surface area contributed by atoms with Gasteiger partial charge >= 0.3 is 0 Å². The van der Waals surface area contributed by atoms with Gasteiger partial charge in [0, 0.05) is 29.4 Å². The predicted molar refractivity (Wildman–Crippen MR) is 64.4 cm³/mol. The molecular formula is C11H19N3S. The third kappa shape index (κ3) is 1.69. The van der Waals surface area contributed by atoms with Crippen molar-refractivity contribution in [3.05, 3.63) is 11.4 Å². The Hall–Kier alpha value is -0.510. The first-order chi connectivity index (χ1) is 6.84. The van der Waals surface area contributed by atoms with Gasteiger partial charge in [-0.25, -0.2) is 0 Å². The number of rotatable bonds is 0. The third-order valence-electron chi connectivity index (χ3n) is 3.03. The molecule has 0 unspecified atom stereocenters. The lowest BCUT2D eigenvalue weighted by Crippen LogP contribution is -2.26. The fourth-order valence-corrected chi connectivity index (χ4v) is 3.67. The van der Waals surface area contributed by atoms with Gasteiger partial charge in [0.15, 0.2) is 0 Å². The van der Waals surface area contributed by atoms with Gasteiger partial charge in [0.05, 0.1) is 11.4 Å². The molecule has 1 aliphatic heterocycles. The second kappa shape index (κ2) is 3.24. The van der Waals surface area contributed by atoms with E-state index in [-0.39, 0.29) is 10.8 Å². The second-order valence-electron chi connectivity index (χ2n) is 5.67. The van der Waals surface area contributed by atoms with Crippen LogP contribution >= 0.6 is 11.8 Å². The van der Waals surface area contributed by atoms with Crippen molar-refractivity contribution in [2.75, 3.05) is 11.5 Å². The maximum Gasteiger partial charge on any atom is 0.0929 e. The van der Waals surface area contributed by atoms with Crippen LogP contribution in [0.25, 0.3) is 0 Å². The molecule has 2 rings (SSSR count). The van der Waals surface area contributed by atoms with Gasteiger partial charge in [-0.3, -0.25) is 4.68 Å². The van der Waals surface area contributed by atoms with E-state index in [2.05, 4.69) is 38.0 Å². The molecule has 3 nitrogen and oxygen atoms in total. The van der Waals surface area contributed by atoms with Crippen LogP contribution in [0.1, 0.15) is 39.1 Å². The van der Waals surface area contributed by atoms with Gasteiger partial charge in [-0.2, -0.15) is 11.8 Å². The zero-order valence-electron chi connectivity index (χ0n) is 10.2. The van der Waals surface area contributed by atoms with Crippen molar-refractivity contribution in [3.8, 4) is 0 Å². The van der Waals surface area contributed by atoms with Crippen LogP contribution in [0.5, 0.6) is 0 Å². The lowest BCUT2D eigenvalue weighted by Gasteiger charge is -2.24. The van der Waals surface area contributed by atoms with E-state index in [9.17, 15) is 0 Å². The number of thioether (sulfide) groups is 1. The highest BCUT2D eigenvalue weighted by molar-refractivity contribution is 7.99. The molecule has 15 heavy (non-hydrogen) atoms. The molecule has 84 valence electrons. The molecule has 0 fully saturated rings. The van der Waals surface area contributed by atoms with E-state index in [1.54, 1.807) is 0 Å². The lowest BCUT2D eigenvalue weighted by atomic mass is 9.82. The van der Waals surface area contributed by atoms with E-state index in [4.69, 9.17) is 0 Å². The highest BCUT2D eigenvalue weighted by Crippen LogP contribution is 2.40. The van der Waals surface area contributed by atoms with Crippen LogP contribution in [0, 0.1) is 0 Å². The van der Waals surface area contributed by atoms with Crippen LogP contribution in [0.3, 0.4) is 0 Å². The Bertz CT molecular complexity index is 379. The van der Waals surface area contributed by atoms with Crippen LogP contribution in [0.4, 0.5) is 0 Å². The molecule has 0 aliphatic carbocycles. The Morgan fingerprint density at radius 2 is 1.73 bits per heavy atom. The minimum atomic E-state index is 0.141. The van der Waals surface area contributed by atoms with Crippen molar-refractivity contribution >= 4 is 11.8 Å². The summed E-state index contributed by atoms with van der Waals surface area (Å²) >= 11 is 2.02. The highest BCUT2D eigenvalue weighted by atomic mass is 32.2. The van der Waals surface area contributed by atoms with Gasteiger partial charge in [0.2, 0.25) is 0 Å². The van der Waals surface area contributed by atoms with Crippen molar-refractivity contribution < 1.29 is 0 Å². The fourth-order valence-electron chi connectivity index (χ4n) is 2.27. The summed E-state index contributed by atoms with van der Waals surface area (Å²) in [4.78, 5) is 0. The predicted octanol–water partition coefficient (Wildman–Crippen LogP) is 2.12. The molecular weight excluding hydrogens is 206 g/mol. The topological polar surface area (TPSA) is 30.7 Å². The molecule has 0 saturated heterocycles. The van der Waals surface area contributed by atoms with E-state index in [0.717, 1.165) is 11.5 Å². The lowest BCUT2D eigenvalue weighted by molar-refractivity contribution is 0.512. The number of aryl methyl sites for hydroxylation is 1. The Morgan fingerprint density at radius 1 is 1.13 bits per heavy atom. The molecule has 0 radical (unpaired) electrons. The van der Waals surface area contributed by atoms with Crippen LogP contribution in [0.15, 0.2) is 0 Å². The van der Waals surface area contributed by atoms with Crippen molar-refractivity contribution in [2.24, 2.45) is 7.05 Å².